The van der Waals surface area contributed by atoms with Crippen LogP contribution in [0.1, 0.15) is 6.42 Å². The molecule has 0 unspecified atom stereocenters. The first-order valence-corrected chi connectivity index (χ1v) is 8.21. The molecule has 126 valence electrons. The van der Waals surface area contributed by atoms with Gasteiger partial charge in [0.15, 0.2) is 0 Å². The van der Waals surface area contributed by atoms with E-state index in [1.54, 1.807) is 12.1 Å². The number of nitrogens with zero attached hydrogens (tertiary/aromatic N) is 2. The fourth-order valence-electron chi connectivity index (χ4n) is 3.02. The van der Waals surface area contributed by atoms with Gasteiger partial charge in [-0.15, -0.1) is 0 Å². The van der Waals surface area contributed by atoms with Gasteiger partial charge in [0.2, 0.25) is 0 Å². The Hall–Kier alpha value is -1.37. The molecule has 2 fully saturated rings. The van der Waals surface area contributed by atoms with Crippen LogP contribution in [0.4, 0.5) is 10.1 Å². The quantitative estimate of drug-likeness (QED) is 0.905. The van der Waals surface area contributed by atoms with Crippen LogP contribution in [0, 0.1) is 5.82 Å². The highest BCUT2D eigenvalue weighted by Crippen LogP contribution is 2.25. The smallest absolute Gasteiger partial charge is 0.250 e. The lowest BCUT2D eigenvalue weighted by Gasteiger charge is -2.30. The molecule has 1 amide bonds. The first-order valence-electron chi connectivity index (χ1n) is 7.83. The van der Waals surface area contributed by atoms with Crippen molar-refractivity contribution in [2.45, 2.75) is 18.6 Å². The Morgan fingerprint density at radius 1 is 1.39 bits per heavy atom. The SMILES string of the molecule is CN1CCO[C@@H](C(=O)N[C@H]2CCN(c3ccc(F)c(Cl)c3)C2)C1. The lowest BCUT2D eigenvalue weighted by molar-refractivity contribution is -0.138. The van der Waals surface area contributed by atoms with Gasteiger partial charge in [0.1, 0.15) is 11.9 Å². The van der Waals surface area contributed by atoms with Crippen molar-refractivity contribution in [2.75, 3.05) is 44.7 Å². The Bertz CT molecular complexity index is 586. The second-order valence-electron chi connectivity index (χ2n) is 6.16. The first kappa shape index (κ1) is 16.5. The molecule has 2 atom stereocenters. The van der Waals surface area contributed by atoms with E-state index in [0.29, 0.717) is 19.7 Å². The summed E-state index contributed by atoms with van der Waals surface area (Å²) in [6.45, 7) is 3.55. The molecule has 23 heavy (non-hydrogen) atoms. The molecule has 0 aliphatic carbocycles. The Morgan fingerprint density at radius 2 is 2.22 bits per heavy atom. The van der Waals surface area contributed by atoms with Gasteiger partial charge in [0.25, 0.3) is 5.91 Å². The van der Waals surface area contributed by atoms with E-state index in [2.05, 4.69) is 15.1 Å². The third-order valence-electron chi connectivity index (χ3n) is 4.36. The van der Waals surface area contributed by atoms with Crippen LogP contribution in [0.5, 0.6) is 0 Å². The van der Waals surface area contributed by atoms with Gasteiger partial charge in [-0.25, -0.2) is 4.39 Å². The molecule has 0 bridgehead atoms. The molecule has 2 saturated heterocycles. The van der Waals surface area contributed by atoms with Gasteiger partial charge in [-0.05, 0) is 31.7 Å². The van der Waals surface area contributed by atoms with Gasteiger partial charge < -0.3 is 19.9 Å². The fraction of sp³-hybridized carbons (Fsp3) is 0.562. The average Bonchev–Trinajstić information content (AvgIpc) is 2.98. The molecule has 1 aromatic carbocycles. The molecule has 7 heteroatoms. The van der Waals surface area contributed by atoms with E-state index in [-0.39, 0.29) is 17.0 Å². The lowest BCUT2D eigenvalue weighted by Crippen LogP contribution is -2.51. The van der Waals surface area contributed by atoms with Gasteiger partial charge in [0.05, 0.1) is 11.6 Å². The van der Waals surface area contributed by atoms with Crippen LogP contribution in [0.3, 0.4) is 0 Å². The maximum Gasteiger partial charge on any atom is 0.250 e. The van der Waals surface area contributed by atoms with E-state index in [0.717, 1.165) is 25.2 Å². The number of halogens is 2. The highest BCUT2D eigenvalue weighted by molar-refractivity contribution is 6.31. The minimum Gasteiger partial charge on any atom is -0.369 e. The Balaban J connectivity index is 1.55. The zero-order chi connectivity index (χ0) is 16.4. The van der Waals surface area contributed by atoms with Crippen molar-refractivity contribution in [1.29, 1.82) is 0 Å². The van der Waals surface area contributed by atoms with Gasteiger partial charge in [-0.2, -0.15) is 0 Å². The maximum atomic E-state index is 13.2. The number of carbonyl (C=O) groups excluding carboxylic acids is 1. The van der Waals surface area contributed by atoms with Crippen molar-refractivity contribution in [3.8, 4) is 0 Å². The van der Waals surface area contributed by atoms with Gasteiger partial charge in [-0.3, -0.25) is 4.79 Å². The number of hydrogen-bond acceptors (Lipinski definition) is 4. The number of anilines is 1. The summed E-state index contributed by atoms with van der Waals surface area (Å²) < 4.78 is 18.8. The second kappa shape index (κ2) is 7.03. The Morgan fingerprint density at radius 3 is 2.96 bits per heavy atom. The molecule has 2 aliphatic rings. The molecule has 0 radical (unpaired) electrons. The van der Waals surface area contributed by atoms with Crippen LogP contribution < -0.4 is 10.2 Å². The van der Waals surface area contributed by atoms with Crippen molar-refractivity contribution in [3.63, 3.8) is 0 Å². The Labute approximate surface area is 140 Å². The molecular weight excluding hydrogens is 321 g/mol. The van der Waals surface area contributed by atoms with Crippen LogP contribution in [-0.2, 0) is 9.53 Å². The number of ether oxygens (including phenoxy) is 1. The molecule has 5 nitrogen and oxygen atoms in total. The first-order chi connectivity index (χ1) is 11.0. The minimum absolute atomic E-state index is 0.0551. The number of carbonyl (C=O) groups is 1. The molecular formula is C16H21ClFN3O2. The summed E-state index contributed by atoms with van der Waals surface area (Å²) in [6.07, 6.45) is 0.451. The number of likely N-dealkylation sites (N-methyl/N-ethyl adjacent to an activating group) is 1. The summed E-state index contributed by atoms with van der Waals surface area (Å²) >= 11 is 5.84. The van der Waals surface area contributed by atoms with Crippen LogP contribution in [-0.4, -0.2) is 62.8 Å². The second-order valence-corrected chi connectivity index (χ2v) is 6.57. The van der Waals surface area contributed by atoms with E-state index in [1.807, 2.05) is 7.05 Å². The van der Waals surface area contributed by atoms with E-state index < -0.39 is 11.9 Å². The number of morpholine rings is 1. The molecule has 2 aliphatic heterocycles. The highest BCUT2D eigenvalue weighted by atomic mass is 35.5. The number of rotatable bonds is 3. The molecule has 0 spiro atoms. The summed E-state index contributed by atoms with van der Waals surface area (Å²) in [5.41, 5.74) is 0.877. The van der Waals surface area contributed by atoms with Crippen LogP contribution in [0.2, 0.25) is 5.02 Å². The minimum atomic E-state index is -0.418. The van der Waals surface area contributed by atoms with Crippen LogP contribution in [0.15, 0.2) is 18.2 Å². The van der Waals surface area contributed by atoms with Crippen molar-refractivity contribution in [3.05, 3.63) is 29.0 Å². The number of amides is 1. The number of benzene rings is 1. The maximum absolute atomic E-state index is 13.2. The van der Waals surface area contributed by atoms with Gasteiger partial charge >= 0.3 is 0 Å². The normalized spacial score (nSPS) is 25.6. The summed E-state index contributed by atoms with van der Waals surface area (Å²) in [6, 6.07) is 4.78. The standard InChI is InChI=1S/C16H21ClFN3O2/c1-20-6-7-23-15(10-20)16(22)19-11-4-5-21(9-11)12-2-3-14(18)13(17)8-12/h2-3,8,11,15H,4-7,9-10H2,1H3,(H,19,22)/t11-,15+/m0/s1. The summed E-state index contributed by atoms with van der Waals surface area (Å²) in [5, 5.41) is 3.17. The van der Waals surface area contributed by atoms with Gasteiger partial charge in [0, 0.05) is 37.9 Å². The van der Waals surface area contributed by atoms with E-state index in [9.17, 15) is 9.18 Å². The molecule has 2 heterocycles. The predicted octanol–water partition coefficient (Wildman–Crippen LogP) is 1.50. The number of nitrogens with one attached hydrogen (secondary N) is 1. The van der Waals surface area contributed by atoms with Crippen molar-refractivity contribution < 1.29 is 13.9 Å². The molecule has 0 aromatic heterocycles. The predicted molar refractivity (Wildman–Crippen MR) is 87.4 cm³/mol. The summed E-state index contributed by atoms with van der Waals surface area (Å²) in [7, 11) is 1.98. The molecule has 3 rings (SSSR count). The van der Waals surface area contributed by atoms with Crippen molar-refractivity contribution >= 4 is 23.2 Å². The van der Waals surface area contributed by atoms with Crippen molar-refractivity contribution in [2.24, 2.45) is 0 Å². The molecule has 1 aromatic rings. The molecule has 0 saturated carbocycles. The topological polar surface area (TPSA) is 44.8 Å². The highest BCUT2D eigenvalue weighted by Gasteiger charge is 2.29. The van der Waals surface area contributed by atoms with Crippen molar-refractivity contribution in [1.82, 2.24) is 10.2 Å². The monoisotopic (exact) mass is 341 g/mol. The van der Waals surface area contributed by atoms with Crippen LogP contribution >= 0.6 is 11.6 Å². The zero-order valence-corrected chi connectivity index (χ0v) is 13.9. The third kappa shape index (κ3) is 3.94. The Kier molecular flexibility index (Phi) is 5.04. The van der Waals surface area contributed by atoms with E-state index >= 15 is 0 Å². The lowest BCUT2D eigenvalue weighted by atomic mass is 10.2. The summed E-state index contributed by atoms with van der Waals surface area (Å²) in [4.78, 5) is 16.5. The third-order valence-corrected chi connectivity index (χ3v) is 4.65. The van der Waals surface area contributed by atoms with E-state index in [1.165, 1.54) is 6.07 Å². The fourth-order valence-corrected chi connectivity index (χ4v) is 3.20. The average molecular weight is 342 g/mol. The van der Waals surface area contributed by atoms with Gasteiger partial charge in [-0.1, -0.05) is 11.6 Å². The zero-order valence-electron chi connectivity index (χ0n) is 13.1. The molecule has 1 N–H and O–H groups in total. The largest absolute Gasteiger partial charge is 0.369 e. The van der Waals surface area contributed by atoms with Crippen LogP contribution in [0.25, 0.3) is 0 Å². The van der Waals surface area contributed by atoms with E-state index in [4.69, 9.17) is 16.3 Å². The summed E-state index contributed by atoms with van der Waals surface area (Å²) in [5.74, 6) is -0.474. The number of hydrogen-bond donors (Lipinski definition) is 1.